The van der Waals surface area contributed by atoms with Gasteiger partial charge in [0.15, 0.2) is 0 Å². The molecule has 0 heterocycles. The Morgan fingerprint density at radius 1 is 1.35 bits per heavy atom. The molecule has 0 spiro atoms. The summed E-state index contributed by atoms with van der Waals surface area (Å²) in [5.74, 6) is 0.0832. The average Bonchev–Trinajstić information content (AvgIpc) is 2.81. The molecule has 4 nitrogen and oxygen atoms in total. The van der Waals surface area contributed by atoms with Gasteiger partial charge in [0.2, 0.25) is 0 Å². The number of nitrogen functional groups attached to an aromatic ring is 1. The molecule has 1 saturated carbocycles. The Morgan fingerprint density at radius 2 is 2.06 bits per heavy atom. The number of benzene rings is 1. The molecule has 1 aliphatic carbocycles. The average molecular weight is 235 g/mol. The van der Waals surface area contributed by atoms with Crippen molar-refractivity contribution >= 4 is 11.7 Å². The van der Waals surface area contributed by atoms with Crippen molar-refractivity contribution < 1.29 is 14.3 Å². The number of hydrogen-bond acceptors (Lipinski definition) is 4. The predicted octanol–water partition coefficient (Wildman–Crippen LogP) is 2.38. The molecule has 0 aromatic heterocycles. The van der Waals surface area contributed by atoms with E-state index in [9.17, 15) is 4.79 Å². The molecule has 0 unspecified atom stereocenters. The van der Waals surface area contributed by atoms with Crippen LogP contribution in [0.2, 0.25) is 0 Å². The predicted molar refractivity (Wildman–Crippen MR) is 65.1 cm³/mol. The van der Waals surface area contributed by atoms with E-state index in [2.05, 4.69) is 0 Å². The molecule has 92 valence electrons. The first kappa shape index (κ1) is 11.8. The fourth-order valence-corrected chi connectivity index (χ4v) is 2.15. The topological polar surface area (TPSA) is 61.5 Å². The second-order valence-corrected chi connectivity index (χ2v) is 4.24. The molecule has 0 radical (unpaired) electrons. The molecule has 1 aromatic rings. The van der Waals surface area contributed by atoms with E-state index in [-0.39, 0.29) is 12.1 Å². The summed E-state index contributed by atoms with van der Waals surface area (Å²) in [6, 6.07) is 5.13. The first-order valence-corrected chi connectivity index (χ1v) is 5.86. The standard InChI is InChI=1S/C13H17NO3/c1-16-11-8-4-7-10(14)12(11)13(15)17-9-5-2-3-6-9/h4,7-9H,2-3,5-6,14H2,1H3. The Bertz CT molecular complexity index is 411. The van der Waals surface area contributed by atoms with Gasteiger partial charge in [0.05, 0.1) is 7.11 Å². The molecular weight excluding hydrogens is 218 g/mol. The molecule has 0 aliphatic heterocycles. The molecule has 1 aromatic carbocycles. The lowest BCUT2D eigenvalue weighted by molar-refractivity contribution is 0.0316. The fourth-order valence-electron chi connectivity index (χ4n) is 2.15. The zero-order valence-corrected chi connectivity index (χ0v) is 9.94. The smallest absolute Gasteiger partial charge is 0.344 e. The van der Waals surface area contributed by atoms with Crippen LogP contribution in [0.15, 0.2) is 18.2 Å². The fraction of sp³-hybridized carbons (Fsp3) is 0.462. The second-order valence-electron chi connectivity index (χ2n) is 4.24. The summed E-state index contributed by atoms with van der Waals surface area (Å²) >= 11 is 0. The minimum Gasteiger partial charge on any atom is -0.496 e. The maximum Gasteiger partial charge on any atom is 0.344 e. The molecule has 0 saturated heterocycles. The molecule has 17 heavy (non-hydrogen) atoms. The summed E-state index contributed by atoms with van der Waals surface area (Å²) < 4.78 is 10.6. The lowest BCUT2D eigenvalue weighted by Gasteiger charge is -2.14. The van der Waals surface area contributed by atoms with Gasteiger partial charge < -0.3 is 15.2 Å². The van der Waals surface area contributed by atoms with E-state index >= 15 is 0 Å². The van der Waals surface area contributed by atoms with E-state index in [1.54, 1.807) is 18.2 Å². The Balaban J connectivity index is 2.17. The quantitative estimate of drug-likeness (QED) is 0.645. The van der Waals surface area contributed by atoms with Gasteiger partial charge in [0.1, 0.15) is 17.4 Å². The highest BCUT2D eigenvalue weighted by atomic mass is 16.5. The molecule has 2 rings (SSSR count). The lowest BCUT2D eigenvalue weighted by atomic mass is 10.1. The highest BCUT2D eigenvalue weighted by Crippen LogP contribution is 2.28. The van der Waals surface area contributed by atoms with Crippen LogP contribution in [-0.2, 0) is 4.74 Å². The Morgan fingerprint density at radius 3 is 2.71 bits per heavy atom. The minimum atomic E-state index is -0.383. The van der Waals surface area contributed by atoms with Crippen LogP contribution in [0.5, 0.6) is 5.75 Å². The van der Waals surface area contributed by atoms with Crippen molar-refractivity contribution in [2.45, 2.75) is 31.8 Å². The first-order valence-electron chi connectivity index (χ1n) is 5.86. The molecule has 0 atom stereocenters. The van der Waals surface area contributed by atoms with Crippen molar-refractivity contribution in [3.63, 3.8) is 0 Å². The third-order valence-electron chi connectivity index (χ3n) is 3.06. The van der Waals surface area contributed by atoms with Crippen LogP contribution in [-0.4, -0.2) is 19.2 Å². The van der Waals surface area contributed by atoms with E-state index in [0.717, 1.165) is 25.7 Å². The van der Waals surface area contributed by atoms with Gasteiger partial charge in [-0.05, 0) is 37.8 Å². The lowest BCUT2D eigenvalue weighted by Crippen LogP contribution is -2.16. The molecular formula is C13H17NO3. The van der Waals surface area contributed by atoms with Crippen LogP contribution in [0.3, 0.4) is 0 Å². The van der Waals surface area contributed by atoms with E-state index in [1.807, 2.05) is 0 Å². The number of carbonyl (C=O) groups is 1. The summed E-state index contributed by atoms with van der Waals surface area (Å²) in [5.41, 5.74) is 6.52. The van der Waals surface area contributed by atoms with Gasteiger partial charge >= 0.3 is 5.97 Å². The van der Waals surface area contributed by atoms with Gasteiger partial charge in [0, 0.05) is 5.69 Å². The Kier molecular flexibility index (Phi) is 3.52. The summed E-state index contributed by atoms with van der Waals surface area (Å²) in [6.45, 7) is 0. The van der Waals surface area contributed by atoms with Gasteiger partial charge in [-0.3, -0.25) is 0 Å². The molecule has 1 aliphatic rings. The van der Waals surface area contributed by atoms with Gasteiger partial charge in [-0.2, -0.15) is 0 Å². The number of hydrogen-bond donors (Lipinski definition) is 1. The molecule has 1 fully saturated rings. The maximum atomic E-state index is 12.0. The van der Waals surface area contributed by atoms with Gasteiger partial charge in [0.25, 0.3) is 0 Å². The molecule has 4 heteroatoms. The number of nitrogens with two attached hydrogens (primary N) is 1. The molecule has 0 amide bonds. The van der Waals surface area contributed by atoms with Crippen molar-refractivity contribution in [2.75, 3.05) is 12.8 Å². The van der Waals surface area contributed by atoms with Crippen LogP contribution in [0, 0.1) is 0 Å². The highest BCUT2D eigenvalue weighted by Gasteiger charge is 2.23. The maximum absolute atomic E-state index is 12.0. The van der Waals surface area contributed by atoms with Crippen molar-refractivity contribution in [3.05, 3.63) is 23.8 Å². The number of anilines is 1. The molecule has 2 N–H and O–H groups in total. The normalized spacial score (nSPS) is 15.8. The minimum absolute atomic E-state index is 0.0341. The van der Waals surface area contributed by atoms with Crippen molar-refractivity contribution in [3.8, 4) is 5.75 Å². The summed E-state index contributed by atoms with van der Waals surface area (Å²) in [6.07, 6.45) is 4.17. The third-order valence-corrected chi connectivity index (χ3v) is 3.06. The van der Waals surface area contributed by atoms with Gasteiger partial charge in [-0.1, -0.05) is 6.07 Å². The van der Waals surface area contributed by atoms with E-state index in [0.29, 0.717) is 17.0 Å². The number of methoxy groups -OCH3 is 1. The number of esters is 1. The SMILES string of the molecule is COc1cccc(N)c1C(=O)OC1CCCC1. The van der Waals surface area contributed by atoms with Crippen molar-refractivity contribution in [2.24, 2.45) is 0 Å². The Labute approximate surface area is 101 Å². The van der Waals surface area contributed by atoms with Crippen LogP contribution in [0.4, 0.5) is 5.69 Å². The number of ether oxygens (including phenoxy) is 2. The van der Waals surface area contributed by atoms with E-state index < -0.39 is 0 Å². The summed E-state index contributed by atoms with van der Waals surface area (Å²) in [7, 11) is 1.52. The van der Waals surface area contributed by atoms with Crippen molar-refractivity contribution in [1.82, 2.24) is 0 Å². The number of rotatable bonds is 3. The van der Waals surface area contributed by atoms with Gasteiger partial charge in [-0.25, -0.2) is 4.79 Å². The first-order chi connectivity index (χ1) is 8.22. The highest BCUT2D eigenvalue weighted by molar-refractivity contribution is 5.98. The zero-order chi connectivity index (χ0) is 12.3. The second kappa shape index (κ2) is 5.08. The molecule has 0 bridgehead atoms. The monoisotopic (exact) mass is 235 g/mol. The third kappa shape index (κ3) is 2.52. The van der Waals surface area contributed by atoms with Gasteiger partial charge in [-0.15, -0.1) is 0 Å². The van der Waals surface area contributed by atoms with Crippen molar-refractivity contribution in [1.29, 1.82) is 0 Å². The largest absolute Gasteiger partial charge is 0.496 e. The van der Waals surface area contributed by atoms with Crippen LogP contribution in [0.25, 0.3) is 0 Å². The summed E-state index contributed by atoms with van der Waals surface area (Å²) in [5, 5.41) is 0. The van der Waals surface area contributed by atoms with E-state index in [1.165, 1.54) is 7.11 Å². The summed E-state index contributed by atoms with van der Waals surface area (Å²) in [4.78, 5) is 12.0. The van der Waals surface area contributed by atoms with Crippen LogP contribution >= 0.6 is 0 Å². The van der Waals surface area contributed by atoms with Crippen LogP contribution < -0.4 is 10.5 Å². The number of carbonyl (C=O) groups excluding carboxylic acids is 1. The van der Waals surface area contributed by atoms with E-state index in [4.69, 9.17) is 15.2 Å². The zero-order valence-electron chi connectivity index (χ0n) is 9.94. The Hall–Kier alpha value is -1.71. The van der Waals surface area contributed by atoms with Crippen LogP contribution in [0.1, 0.15) is 36.0 Å².